The summed E-state index contributed by atoms with van der Waals surface area (Å²) in [5, 5.41) is 8.71. The van der Waals surface area contributed by atoms with E-state index in [2.05, 4.69) is 4.90 Å². The summed E-state index contributed by atoms with van der Waals surface area (Å²) in [7, 11) is 2.03. The zero-order valence-corrected chi connectivity index (χ0v) is 10.1. The molecule has 1 rings (SSSR count). The number of carbonyl (C=O) groups is 1. The fraction of sp³-hybridized carbons (Fsp3) is 0.750. The van der Waals surface area contributed by atoms with Crippen LogP contribution in [0.5, 0.6) is 0 Å². The van der Waals surface area contributed by atoms with Crippen LogP contribution in [0.15, 0.2) is 11.6 Å². The van der Waals surface area contributed by atoms with E-state index in [0.29, 0.717) is 18.0 Å². The van der Waals surface area contributed by atoms with Gasteiger partial charge in [-0.15, -0.1) is 0 Å². The summed E-state index contributed by atoms with van der Waals surface area (Å²) in [6, 6.07) is 0. The van der Waals surface area contributed by atoms with Crippen LogP contribution >= 0.6 is 0 Å². The van der Waals surface area contributed by atoms with Gasteiger partial charge in [-0.3, -0.25) is 0 Å². The second-order valence-electron chi connectivity index (χ2n) is 4.47. The summed E-state index contributed by atoms with van der Waals surface area (Å²) in [6.45, 7) is 5.08. The predicted molar refractivity (Wildman–Crippen MR) is 62.4 cm³/mol. The molecule has 0 aliphatic carbocycles. The van der Waals surface area contributed by atoms with Gasteiger partial charge in [-0.2, -0.15) is 0 Å². The maximum atomic E-state index is 10.6. The van der Waals surface area contributed by atoms with Crippen molar-refractivity contribution in [2.45, 2.75) is 19.8 Å². The van der Waals surface area contributed by atoms with Crippen molar-refractivity contribution in [1.82, 2.24) is 4.90 Å². The molecule has 0 aromatic carbocycles. The van der Waals surface area contributed by atoms with E-state index >= 15 is 0 Å². The summed E-state index contributed by atoms with van der Waals surface area (Å²) in [5.74, 6) is -0.142. The van der Waals surface area contributed by atoms with Gasteiger partial charge in [-0.1, -0.05) is 6.08 Å². The lowest BCUT2D eigenvalue weighted by Gasteiger charge is -2.26. The summed E-state index contributed by atoms with van der Waals surface area (Å²) < 4.78 is 5.30. The van der Waals surface area contributed by atoms with E-state index in [4.69, 9.17) is 9.84 Å². The molecular weight excluding hydrogens is 206 g/mol. The number of hydrogen-bond donors (Lipinski definition) is 1. The quantitative estimate of drug-likeness (QED) is 0.721. The Morgan fingerprint density at radius 3 is 2.69 bits per heavy atom. The Bertz CT molecular complexity index is 257. The number of likely N-dealkylation sites (N-methyl/N-ethyl adjacent to an activating group) is 1. The minimum atomic E-state index is -0.834. The van der Waals surface area contributed by atoms with Gasteiger partial charge < -0.3 is 14.7 Å². The van der Waals surface area contributed by atoms with E-state index in [0.717, 1.165) is 32.6 Å². The molecule has 0 radical (unpaired) electrons. The summed E-state index contributed by atoms with van der Waals surface area (Å²) in [6.07, 6.45) is 4.00. The molecule has 1 aliphatic rings. The van der Waals surface area contributed by atoms with E-state index in [1.807, 2.05) is 7.05 Å². The third-order valence-electron chi connectivity index (χ3n) is 2.96. The summed E-state index contributed by atoms with van der Waals surface area (Å²) >= 11 is 0. The number of aliphatic carboxylic acids is 1. The Hall–Kier alpha value is -0.870. The average Bonchev–Trinajstić information content (AvgIpc) is 2.27. The predicted octanol–water partition coefficient (Wildman–Crippen LogP) is 1.38. The van der Waals surface area contributed by atoms with Gasteiger partial charge in [0, 0.05) is 31.9 Å². The van der Waals surface area contributed by atoms with Crippen LogP contribution in [-0.4, -0.2) is 49.3 Å². The van der Waals surface area contributed by atoms with E-state index < -0.39 is 5.97 Å². The zero-order chi connectivity index (χ0) is 12.0. The highest BCUT2D eigenvalue weighted by atomic mass is 16.5. The highest BCUT2D eigenvalue weighted by Crippen LogP contribution is 2.15. The number of carboxylic acid groups (broad SMARTS) is 1. The smallest absolute Gasteiger partial charge is 0.330 e. The van der Waals surface area contributed by atoms with Crippen LogP contribution in [-0.2, 0) is 9.53 Å². The van der Waals surface area contributed by atoms with Gasteiger partial charge in [0.2, 0.25) is 0 Å². The minimum Gasteiger partial charge on any atom is -0.478 e. The first kappa shape index (κ1) is 13.2. The lowest BCUT2D eigenvalue weighted by molar-refractivity contribution is -0.132. The largest absolute Gasteiger partial charge is 0.478 e. The second kappa shape index (κ2) is 6.66. The van der Waals surface area contributed by atoms with Crippen molar-refractivity contribution in [3.05, 3.63) is 11.6 Å². The van der Waals surface area contributed by atoms with Gasteiger partial charge in [-0.25, -0.2) is 4.79 Å². The van der Waals surface area contributed by atoms with Crippen LogP contribution in [0.1, 0.15) is 19.8 Å². The number of rotatable bonds is 5. The van der Waals surface area contributed by atoms with Crippen LogP contribution in [0.4, 0.5) is 0 Å². The number of hydrogen-bond acceptors (Lipinski definition) is 3. The summed E-state index contributed by atoms with van der Waals surface area (Å²) in [4.78, 5) is 12.8. The minimum absolute atomic E-state index is 0.416. The molecular formula is C12H21NO3. The van der Waals surface area contributed by atoms with Gasteiger partial charge in [-0.05, 0) is 32.7 Å². The molecule has 0 spiro atoms. The molecule has 92 valence electrons. The first-order valence-electron chi connectivity index (χ1n) is 5.76. The third-order valence-corrected chi connectivity index (χ3v) is 2.96. The molecule has 0 bridgehead atoms. The first-order chi connectivity index (χ1) is 7.59. The Labute approximate surface area is 96.9 Å². The van der Waals surface area contributed by atoms with Crippen LogP contribution in [0.2, 0.25) is 0 Å². The lowest BCUT2D eigenvalue weighted by Crippen LogP contribution is -2.30. The van der Waals surface area contributed by atoms with Crippen molar-refractivity contribution in [3.63, 3.8) is 0 Å². The second-order valence-corrected chi connectivity index (χ2v) is 4.47. The van der Waals surface area contributed by atoms with E-state index in [9.17, 15) is 4.79 Å². The van der Waals surface area contributed by atoms with Crippen LogP contribution in [0, 0.1) is 5.92 Å². The summed E-state index contributed by atoms with van der Waals surface area (Å²) in [5.41, 5.74) is 0.416. The van der Waals surface area contributed by atoms with Gasteiger partial charge >= 0.3 is 5.97 Å². The van der Waals surface area contributed by atoms with Gasteiger partial charge in [0.25, 0.3) is 0 Å². The molecule has 1 N–H and O–H groups in total. The molecule has 16 heavy (non-hydrogen) atoms. The Kier molecular flexibility index (Phi) is 5.49. The number of nitrogens with zero attached hydrogens (tertiary/aromatic N) is 1. The van der Waals surface area contributed by atoms with E-state index in [-0.39, 0.29) is 0 Å². The molecule has 1 fully saturated rings. The van der Waals surface area contributed by atoms with Gasteiger partial charge in [0.15, 0.2) is 0 Å². The van der Waals surface area contributed by atoms with Crippen molar-refractivity contribution in [2.24, 2.45) is 5.92 Å². The number of ether oxygens (including phenoxy) is 1. The lowest BCUT2D eigenvalue weighted by atomic mass is 10.00. The Morgan fingerprint density at radius 1 is 1.50 bits per heavy atom. The molecule has 0 unspecified atom stereocenters. The standard InChI is InChI=1S/C12H21NO3/c1-10(12(14)15)3-6-13(2)9-11-4-7-16-8-5-11/h3,11H,4-9H2,1-2H3,(H,14,15). The SMILES string of the molecule is CC(=CCN(C)CC1CCOCC1)C(=O)O. The zero-order valence-electron chi connectivity index (χ0n) is 10.1. The van der Waals surface area contributed by atoms with Gasteiger partial charge in [0.1, 0.15) is 0 Å². The molecule has 1 saturated heterocycles. The van der Waals surface area contributed by atoms with Crippen LogP contribution < -0.4 is 0 Å². The topological polar surface area (TPSA) is 49.8 Å². The molecule has 0 amide bonds. The molecule has 1 aliphatic heterocycles. The van der Waals surface area contributed by atoms with Crippen molar-refractivity contribution < 1.29 is 14.6 Å². The third kappa shape index (κ3) is 4.77. The molecule has 0 aromatic rings. The van der Waals surface area contributed by atoms with Gasteiger partial charge in [0.05, 0.1) is 0 Å². The fourth-order valence-corrected chi connectivity index (χ4v) is 1.82. The van der Waals surface area contributed by atoms with Crippen LogP contribution in [0.25, 0.3) is 0 Å². The molecule has 0 aromatic heterocycles. The Morgan fingerprint density at radius 2 is 2.12 bits per heavy atom. The maximum Gasteiger partial charge on any atom is 0.330 e. The fourth-order valence-electron chi connectivity index (χ4n) is 1.82. The van der Waals surface area contributed by atoms with Crippen molar-refractivity contribution in [3.8, 4) is 0 Å². The van der Waals surface area contributed by atoms with Crippen LogP contribution in [0.3, 0.4) is 0 Å². The van der Waals surface area contributed by atoms with Crippen molar-refractivity contribution >= 4 is 5.97 Å². The molecule has 1 heterocycles. The molecule has 4 heteroatoms. The molecule has 4 nitrogen and oxygen atoms in total. The maximum absolute atomic E-state index is 10.6. The molecule has 0 atom stereocenters. The van der Waals surface area contributed by atoms with E-state index in [1.165, 1.54) is 0 Å². The van der Waals surface area contributed by atoms with Crippen molar-refractivity contribution in [1.29, 1.82) is 0 Å². The van der Waals surface area contributed by atoms with E-state index in [1.54, 1.807) is 13.0 Å². The highest BCUT2D eigenvalue weighted by molar-refractivity contribution is 5.85. The van der Waals surface area contributed by atoms with Crippen molar-refractivity contribution in [2.75, 3.05) is 33.4 Å². The average molecular weight is 227 g/mol. The monoisotopic (exact) mass is 227 g/mol. The molecule has 0 saturated carbocycles. The Balaban J connectivity index is 2.26. The number of carboxylic acids is 1. The normalized spacial score (nSPS) is 19.1. The highest BCUT2D eigenvalue weighted by Gasteiger charge is 2.15. The first-order valence-corrected chi connectivity index (χ1v) is 5.76.